The average Bonchev–Trinajstić information content (AvgIpc) is 2.88. The molecule has 0 aromatic carbocycles. The molecule has 0 spiro atoms. The fourth-order valence-electron chi connectivity index (χ4n) is 1.87. The number of carbonyl (C=O) groups excluding carboxylic acids is 1. The van der Waals surface area contributed by atoms with Crippen molar-refractivity contribution >= 4 is 22.0 Å². The first-order valence-corrected chi connectivity index (χ1v) is 7.43. The Kier molecular flexibility index (Phi) is 3.81. The molecule has 6 nitrogen and oxygen atoms in total. The number of nitrogens with zero attached hydrogens (tertiary/aromatic N) is 1. The molecule has 0 saturated carbocycles. The number of hydrogen-bond acceptors (Lipinski definition) is 5. The largest absolute Gasteiger partial charge is 0.463 e. The van der Waals surface area contributed by atoms with Gasteiger partial charge in [-0.2, -0.15) is 5.10 Å². The van der Waals surface area contributed by atoms with Crippen molar-refractivity contribution in [2.24, 2.45) is 11.0 Å². The van der Waals surface area contributed by atoms with E-state index in [2.05, 4.69) is 10.5 Å². The maximum atomic E-state index is 11.5. The lowest BCUT2D eigenvalue weighted by atomic mass is 10.1. The Bertz CT molecular complexity index is 533. The molecule has 0 radical (unpaired) electrons. The Hall–Kier alpha value is -1.63. The predicted molar refractivity (Wildman–Crippen MR) is 65.8 cm³/mol. The molecule has 7 heteroatoms. The molecule has 1 aromatic heterocycles. The normalized spacial score (nSPS) is 22.3. The van der Waals surface area contributed by atoms with Crippen LogP contribution in [0.5, 0.6) is 0 Å². The zero-order chi connectivity index (χ0) is 13.0. The Balaban J connectivity index is 1.76. The van der Waals surface area contributed by atoms with Gasteiger partial charge in [0.05, 0.1) is 24.0 Å². The van der Waals surface area contributed by atoms with Crippen molar-refractivity contribution in [1.82, 2.24) is 5.43 Å². The molecule has 1 atom stereocenters. The lowest BCUT2D eigenvalue weighted by molar-refractivity contribution is -0.121. The summed E-state index contributed by atoms with van der Waals surface area (Å²) in [5.74, 6) is 0.454. The smallest absolute Gasteiger partial charge is 0.240 e. The van der Waals surface area contributed by atoms with Gasteiger partial charge >= 0.3 is 0 Å². The van der Waals surface area contributed by atoms with E-state index in [1.165, 1.54) is 12.5 Å². The minimum Gasteiger partial charge on any atom is -0.463 e. The van der Waals surface area contributed by atoms with Crippen LogP contribution in [0.1, 0.15) is 18.6 Å². The molecule has 98 valence electrons. The highest BCUT2D eigenvalue weighted by molar-refractivity contribution is 7.91. The molecule has 1 fully saturated rings. The first-order chi connectivity index (χ1) is 8.55. The minimum atomic E-state index is -2.93. The van der Waals surface area contributed by atoms with Crippen LogP contribution in [0.4, 0.5) is 0 Å². The summed E-state index contributed by atoms with van der Waals surface area (Å²) >= 11 is 0. The van der Waals surface area contributed by atoms with Gasteiger partial charge in [0.25, 0.3) is 0 Å². The fourth-order valence-corrected chi connectivity index (χ4v) is 3.74. The zero-order valence-corrected chi connectivity index (χ0v) is 10.5. The number of sulfone groups is 1. The summed E-state index contributed by atoms with van der Waals surface area (Å²) < 4.78 is 27.4. The van der Waals surface area contributed by atoms with Crippen LogP contribution < -0.4 is 5.43 Å². The van der Waals surface area contributed by atoms with E-state index in [1.807, 2.05) is 0 Å². The molecule has 1 aliphatic rings. The second kappa shape index (κ2) is 5.34. The van der Waals surface area contributed by atoms with E-state index >= 15 is 0 Å². The van der Waals surface area contributed by atoms with Gasteiger partial charge < -0.3 is 4.42 Å². The van der Waals surface area contributed by atoms with Gasteiger partial charge in [-0.3, -0.25) is 4.79 Å². The lowest BCUT2D eigenvalue weighted by Gasteiger charge is -2.04. The number of amides is 1. The van der Waals surface area contributed by atoms with E-state index < -0.39 is 9.84 Å². The molecule has 1 aromatic rings. The first kappa shape index (κ1) is 12.8. The molecule has 0 aliphatic carbocycles. The third kappa shape index (κ3) is 3.69. The molecule has 0 unspecified atom stereocenters. The highest BCUT2D eigenvalue weighted by Crippen LogP contribution is 2.21. The van der Waals surface area contributed by atoms with Crippen LogP contribution in [0, 0.1) is 5.92 Å². The number of furan rings is 1. The predicted octanol–water partition coefficient (Wildman–Crippen LogP) is 0.554. The second-order valence-corrected chi connectivity index (χ2v) is 6.51. The van der Waals surface area contributed by atoms with E-state index in [0.717, 1.165) is 0 Å². The number of nitrogens with one attached hydrogen (secondary N) is 1. The molecular weight excluding hydrogens is 256 g/mol. The lowest BCUT2D eigenvalue weighted by Crippen LogP contribution is -2.21. The van der Waals surface area contributed by atoms with Crippen LogP contribution in [0.25, 0.3) is 0 Å². The van der Waals surface area contributed by atoms with Crippen molar-refractivity contribution in [2.45, 2.75) is 12.8 Å². The van der Waals surface area contributed by atoms with Crippen LogP contribution in [-0.2, 0) is 14.6 Å². The van der Waals surface area contributed by atoms with Gasteiger partial charge in [-0.05, 0) is 24.5 Å². The van der Waals surface area contributed by atoms with Gasteiger partial charge in [-0.25, -0.2) is 13.8 Å². The monoisotopic (exact) mass is 270 g/mol. The molecular formula is C11H14N2O4S. The summed E-state index contributed by atoms with van der Waals surface area (Å²) in [5, 5.41) is 3.72. The molecule has 1 saturated heterocycles. The summed E-state index contributed by atoms with van der Waals surface area (Å²) in [6, 6.07) is 3.42. The molecule has 1 amide bonds. The van der Waals surface area contributed by atoms with Gasteiger partial charge in [0.2, 0.25) is 5.91 Å². The summed E-state index contributed by atoms with van der Waals surface area (Å²) in [5.41, 5.74) is 2.35. The Morgan fingerprint density at radius 2 is 2.44 bits per heavy atom. The highest BCUT2D eigenvalue weighted by Gasteiger charge is 2.29. The van der Waals surface area contributed by atoms with E-state index in [1.54, 1.807) is 12.1 Å². The number of rotatable bonds is 4. The first-order valence-electron chi connectivity index (χ1n) is 5.61. The zero-order valence-electron chi connectivity index (χ0n) is 9.70. The SMILES string of the molecule is O=C(C[C@@H]1CCS(=O)(=O)C1)N/N=C\c1ccco1. The van der Waals surface area contributed by atoms with Gasteiger partial charge in [0.15, 0.2) is 9.84 Å². The van der Waals surface area contributed by atoms with E-state index in [0.29, 0.717) is 12.2 Å². The summed E-state index contributed by atoms with van der Waals surface area (Å²) in [4.78, 5) is 11.5. The number of carbonyl (C=O) groups is 1. The van der Waals surface area contributed by atoms with Gasteiger partial charge in [-0.15, -0.1) is 0 Å². The van der Waals surface area contributed by atoms with Crippen molar-refractivity contribution in [1.29, 1.82) is 0 Å². The summed E-state index contributed by atoms with van der Waals surface area (Å²) in [6.07, 6.45) is 3.64. The highest BCUT2D eigenvalue weighted by atomic mass is 32.2. The standard InChI is InChI=1S/C11H14N2O4S/c14-11(6-9-3-5-18(15,16)8-9)13-12-7-10-2-1-4-17-10/h1-2,4,7,9H,3,5-6,8H2,(H,13,14)/b12-7-/t9-/m0/s1. The van der Waals surface area contributed by atoms with E-state index in [4.69, 9.17) is 4.42 Å². The van der Waals surface area contributed by atoms with Gasteiger partial charge in [0, 0.05) is 6.42 Å². The van der Waals surface area contributed by atoms with Crippen molar-refractivity contribution < 1.29 is 17.6 Å². The maximum absolute atomic E-state index is 11.5. The molecule has 18 heavy (non-hydrogen) atoms. The van der Waals surface area contributed by atoms with Crippen LogP contribution in [0.2, 0.25) is 0 Å². The Morgan fingerprint density at radius 3 is 3.06 bits per heavy atom. The van der Waals surface area contributed by atoms with Crippen LogP contribution in [0.3, 0.4) is 0 Å². The molecule has 1 N–H and O–H groups in total. The molecule has 2 rings (SSSR count). The fraction of sp³-hybridized carbons (Fsp3) is 0.455. The number of hydrazone groups is 1. The van der Waals surface area contributed by atoms with Crippen molar-refractivity contribution in [2.75, 3.05) is 11.5 Å². The molecule has 2 heterocycles. The summed E-state index contributed by atoms with van der Waals surface area (Å²) in [6.45, 7) is 0. The second-order valence-electron chi connectivity index (χ2n) is 4.28. The van der Waals surface area contributed by atoms with Crippen molar-refractivity contribution in [3.8, 4) is 0 Å². The van der Waals surface area contributed by atoms with Crippen LogP contribution >= 0.6 is 0 Å². The third-order valence-electron chi connectivity index (χ3n) is 2.73. The third-order valence-corrected chi connectivity index (χ3v) is 4.56. The van der Waals surface area contributed by atoms with Gasteiger partial charge in [-0.1, -0.05) is 0 Å². The maximum Gasteiger partial charge on any atom is 0.240 e. The van der Waals surface area contributed by atoms with Crippen LogP contribution in [0.15, 0.2) is 27.9 Å². The average molecular weight is 270 g/mol. The topological polar surface area (TPSA) is 88.7 Å². The van der Waals surface area contributed by atoms with E-state index in [-0.39, 0.29) is 29.8 Å². The number of hydrogen-bond donors (Lipinski definition) is 1. The minimum absolute atomic E-state index is 0.0891. The van der Waals surface area contributed by atoms with Crippen molar-refractivity contribution in [3.05, 3.63) is 24.2 Å². The van der Waals surface area contributed by atoms with Crippen molar-refractivity contribution in [3.63, 3.8) is 0 Å². The van der Waals surface area contributed by atoms with Crippen LogP contribution in [-0.4, -0.2) is 32.0 Å². The molecule has 0 bridgehead atoms. The molecule has 1 aliphatic heterocycles. The van der Waals surface area contributed by atoms with E-state index in [9.17, 15) is 13.2 Å². The quantitative estimate of drug-likeness (QED) is 0.639. The Morgan fingerprint density at radius 1 is 1.61 bits per heavy atom. The van der Waals surface area contributed by atoms with Gasteiger partial charge in [0.1, 0.15) is 5.76 Å². The summed E-state index contributed by atoms with van der Waals surface area (Å²) in [7, 11) is -2.93. The Labute approximate surface area is 105 Å².